The molecule has 1 aromatic heterocycles. The Labute approximate surface area is 123 Å². The number of hydrogen-bond donors (Lipinski definition) is 2. The summed E-state index contributed by atoms with van der Waals surface area (Å²) < 4.78 is 33.5. The Morgan fingerprint density at radius 2 is 2.19 bits per heavy atom. The van der Waals surface area contributed by atoms with Crippen molar-refractivity contribution >= 4 is 16.0 Å². The topological polar surface area (TPSA) is 111 Å². The van der Waals surface area contributed by atoms with Gasteiger partial charge in [0.2, 0.25) is 0 Å². The van der Waals surface area contributed by atoms with Gasteiger partial charge in [0.15, 0.2) is 5.03 Å². The number of carbonyl (C=O) groups is 1. The average molecular weight is 317 g/mol. The lowest BCUT2D eigenvalue weighted by Crippen LogP contribution is -2.46. The van der Waals surface area contributed by atoms with E-state index in [4.69, 9.17) is 4.74 Å². The van der Waals surface area contributed by atoms with Crippen LogP contribution >= 0.6 is 0 Å². The van der Waals surface area contributed by atoms with E-state index in [1.165, 1.54) is 12.5 Å². The molecule has 0 aliphatic carbocycles. The molecule has 0 amide bonds. The highest BCUT2D eigenvalue weighted by Crippen LogP contribution is 2.30. The molecule has 1 aromatic rings. The van der Waals surface area contributed by atoms with Crippen LogP contribution in [0.25, 0.3) is 0 Å². The van der Waals surface area contributed by atoms with Crippen molar-refractivity contribution in [3.8, 4) is 0 Å². The van der Waals surface area contributed by atoms with Crippen LogP contribution in [0, 0.1) is 5.41 Å². The second kappa shape index (κ2) is 6.12. The molecule has 0 aromatic carbocycles. The van der Waals surface area contributed by atoms with Gasteiger partial charge in [0.1, 0.15) is 0 Å². The van der Waals surface area contributed by atoms with Crippen molar-refractivity contribution in [2.45, 2.75) is 31.3 Å². The molecule has 0 spiro atoms. The largest absolute Gasteiger partial charge is 0.481 e. The van der Waals surface area contributed by atoms with Crippen molar-refractivity contribution in [1.82, 2.24) is 14.3 Å². The molecule has 8 nitrogen and oxygen atoms in total. The highest BCUT2D eigenvalue weighted by molar-refractivity contribution is 7.89. The number of nitrogens with one attached hydrogen (secondary N) is 1. The van der Waals surface area contributed by atoms with E-state index in [1.54, 1.807) is 4.57 Å². The fraction of sp³-hybridized carbons (Fsp3) is 0.667. The molecule has 1 aliphatic heterocycles. The minimum absolute atomic E-state index is 0.100. The van der Waals surface area contributed by atoms with E-state index in [-0.39, 0.29) is 24.4 Å². The van der Waals surface area contributed by atoms with E-state index < -0.39 is 21.4 Å². The Morgan fingerprint density at radius 3 is 2.71 bits per heavy atom. The summed E-state index contributed by atoms with van der Waals surface area (Å²) in [5, 5.41) is 9.29. The number of aromatic nitrogens is 2. The number of nitrogens with zero attached hydrogens (tertiary/aromatic N) is 2. The lowest BCUT2D eigenvalue weighted by molar-refractivity contribution is -0.154. The monoisotopic (exact) mass is 317 g/mol. The molecule has 21 heavy (non-hydrogen) atoms. The van der Waals surface area contributed by atoms with Crippen molar-refractivity contribution in [2.24, 2.45) is 5.41 Å². The first-order chi connectivity index (χ1) is 9.89. The third-order valence-corrected chi connectivity index (χ3v) is 5.04. The van der Waals surface area contributed by atoms with E-state index in [9.17, 15) is 18.3 Å². The second-order valence-corrected chi connectivity index (χ2v) is 6.78. The molecule has 118 valence electrons. The van der Waals surface area contributed by atoms with Crippen LogP contribution in [0.5, 0.6) is 0 Å². The number of aryl methyl sites for hydroxylation is 1. The number of carboxylic acids is 1. The normalized spacial score (nSPS) is 18.5. The number of aliphatic carboxylic acids is 1. The molecule has 0 atom stereocenters. The molecule has 1 aliphatic rings. The Kier molecular flexibility index (Phi) is 4.64. The van der Waals surface area contributed by atoms with Crippen molar-refractivity contribution < 1.29 is 23.1 Å². The van der Waals surface area contributed by atoms with E-state index in [1.807, 2.05) is 6.92 Å². The molecule has 2 N–H and O–H groups in total. The summed E-state index contributed by atoms with van der Waals surface area (Å²) >= 11 is 0. The van der Waals surface area contributed by atoms with Gasteiger partial charge in [0.05, 0.1) is 11.7 Å². The van der Waals surface area contributed by atoms with E-state index in [0.717, 1.165) is 0 Å². The van der Waals surface area contributed by atoms with Gasteiger partial charge in [-0.2, -0.15) is 0 Å². The van der Waals surface area contributed by atoms with Crippen molar-refractivity contribution in [3.05, 3.63) is 12.5 Å². The van der Waals surface area contributed by atoms with Crippen LogP contribution in [0.3, 0.4) is 0 Å². The van der Waals surface area contributed by atoms with Crippen molar-refractivity contribution in [1.29, 1.82) is 0 Å². The zero-order chi connectivity index (χ0) is 15.5. The summed E-state index contributed by atoms with van der Waals surface area (Å²) in [4.78, 5) is 15.3. The predicted molar refractivity (Wildman–Crippen MR) is 73.2 cm³/mol. The first-order valence-corrected chi connectivity index (χ1v) is 8.20. The molecule has 9 heteroatoms. The van der Waals surface area contributed by atoms with Gasteiger partial charge in [-0.25, -0.2) is 18.1 Å². The maximum Gasteiger partial charge on any atom is 0.311 e. The molecule has 0 bridgehead atoms. The summed E-state index contributed by atoms with van der Waals surface area (Å²) in [7, 11) is -3.81. The molecule has 2 heterocycles. The van der Waals surface area contributed by atoms with Gasteiger partial charge in [-0.05, 0) is 19.8 Å². The minimum atomic E-state index is -3.81. The lowest BCUT2D eigenvalue weighted by atomic mass is 9.80. The third kappa shape index (κ3) is 3.42. The summed E-state index contributed by atoms with van der Waals surface area (Å²) in [6.07, 6.45) is 3.41. The average Bonchev–Trinajstić information content (AvgIpc) is 2.96. The number of rotatable bonds is 6. The SMILES string of the molecule is CCn1cnc(S(=O)(=O)NCC2(C(=O)O)CCOCC2)c1. The van der Waals surface area contributed by atoms with Crippen LogP contribution in [0.1, 0.15) is 19.8 Å². The maximum atomic E-state index is 12.2. The number of ether oxygens (including phenoxy) is 1. The van der Waals surface area contributed by atoms with Crippen LogP contribution in [0.2, 0.25) is 0 Å². The van der Waals surface area contributed by atoms with Gasteiger partial charge >= 0.3 is 5.97 Å². The minimum Gasteiger partial charge on any atom is -0.481 e. The van der Waals surface area contributed by atoms with Gasteiger partial charge < -0.3 is 14.4 Å². The van der Waals surface area contributed by atoms with E-state index in [2.05, 4.69) is 9.71 Å². The molecular weight excluding hydrogens is 298 g/mol. The quantitative estimate of drug-likeness (QED) is 0.768. The van der Waals surface area contributed by atoms with Gasteiger partial charge in [0, 0.05) is 32.5 Å². The standard InChI is InChI=1S/C12H19N3O5S/c1-2-15-7-10(13-9-15)21(18,19)14-8-12(11(16)17)3-5-20-6-4-12/h7,9,14H,2-6,8H2,1H3,(H,16,17). The van der Waals surface area contributed by atoms with E-state index in [0.29, 0.717) is 19.8 Å². The Morgan fingerprint density at radius 1 is 1.52 bits per heavy atom. The number of hydrogen-bond acceptors (Lipinski definition) is 5. The molecule has 1 saturated heterocycles. The molecule has 0 unspecified atom stereocenters. The van der Waals surface area contributed by atoms with Crippen LogP contribution < -0.4 is 4.72 Å². The zero-order valence-corrected chi connectivity index (χ0v) is 12.6. The van der Waals surface area contributed by atoms with Gasteiger partial charge in [-0.3, -0.25) is 4.79 Å². The number of imidazole rings is 1. The lowest BCUT2D eigenvalue weighted by Gasteiger charge is -2.32. The van der Waals surface area contributed by atoms with Gasteiger partial charge in [-0.15, -0.1) is 0 Å². The zero-order valence-electron chi connectivity index (χ0n) is 11.8. The molecular formula is C12H19N3O5S. The molecule has 1 fully saturated rings. The fourth-order valence-electron chi connectivity index (χ4n) is 2.19. The summed E-state index contributed by atoms with van der Waals surface area (Å²) in [6, 6.07) is 0. The summed E-state index contributed by atoms with van der Waals surface area (Å²) in [5.41, 5.74) is -1.11. The fourth-order valence-corrected chi connectivity index (χ4v) is 3.26. The first kappa shape index (κ1) is 15.9. The second-order valence-electron chi connectivity index (χ2n) is 5.06. The van der Waals surface area contributed by atoms with Crippen LogP contribution in [-0.2, 0) is 26.1 Å². The van der Waals surface area contributed by atoms with Crippen molar-refractivity contribution in [2.75, 3.05) is 19.8 Å². The van der Waals surface area contributed by atoms with Gasteiger partial charge in [0.25, 0.3) is 10.0 Å². The Bertz CT molecular complexity index is 604. The molecule has 0 radical (unpaired) electrons. The van der Waals surface area contributed by atoms with Crippen molar-refractivity contribution in [3.63, 3.8) is 0 Å². The highest BCUT2D eigenvalue weighted by atomic mass is 32.2. The highest BCUT2D eigenvalue weighted by Gasteiger charge is 2.41. The molecule has 2 rings (SSSR count). The smallest absolute Gasteiger partial charge is 0.311 e. The van der Waals surface area contributed by atoms with E-state index >= 15 is 0 Å². The third-order valence-electron chi connectivity index (χ3n) is 3.75. The van der Waals surface area contributed by atoms with Crippen LogP contribution in [-0.4, -0.2) is 48.8 Å². The van der Waals surface area contributed by atoms with Crippen LogP contribution in [0.15, 0.2) is 17.6 Å². The first-order valence-electron chi connectivity index (χ1n) is 6.72. The number of carboxylic acid groups (broad SMARTS) is 1. The Hall–Kier alpha value is -1.45. The molecule has 0 saturated carbocycles. The summed E-state index contributed by atoms with van der Waals surface area (Å²) in [5.74, 6) is -1.01. The Balaban J connectivity index is 2.11. The number of sulfonamides is 1. The predicted octanol–water partition coefficient (Wildman–Crippen LogP) is 0.0627. The van der Waals surface area contributed by atoms with Crippen LogP contribution in [0.4, 0.5) is 0 Å². The maximum absolute atomic E-state index is 12.2. The van der Waals surface area contributed by atoms with Gasteiger partial charge in [-0.1, -0.05) is 0 Å². The summed E-state index contributed by atoms with van der Waals surface area (Å²) in [6.45, 7) is 2.95.